The molecule has 0 aliphatic heterocycles. The van der Waals surface area contributed by atoms with E-state index in [4.69, 9.17) is 5.11 Å². The molecule has 1 rings (SSSR count). The van der Waals surface area contributed by atoms with Crippen LogP contribution < -0.4 is 5.32 Å². The van der Waals surface area contributed by atoms with E-state index in [2.05, 4.69) is 10.3 Å². The largest absolute Gasteiger partial charge is 0.480 e. The van der Waals surface area contributed by atoms with E-state index in [9.17, 15) is 9.59 Å². The number of nitrogens with zero attached hydrogens (tertiary/aromatic N) is 1. The normalized spacial score (nSPS) is 11.9. The molecule has 1 atom stereocenters. The van der Waals surface area contributed by atoms with Crippen LogP contribution in [0.2, 0.25) is 0 Å². The molecule has 1 heterocycles. The number of rotatable bonds is 3. The molecule has 5 heteroatoms. The number of hydrogen-bond donors (Lipinski definition) is 2. The Hall–Kier alpha value is -1.91. The topological polar surface area (TPSA) is 79.3 Å². The fraction of sp³-hybridized carbons (Fsp3) is 0.300. The van der Waals surface area contributed by atoms with Crippen LogP contribution in [-0.4, -0.2) is 28.0 Å². The lowest BCUT2D eigenvalue weighted by Crippen LogP contribution is -2.38. The van der Waals surface area contributed by atoms with Crippen LogP contribution in [0.5, 0.6) is 0 Å². The SMILES string of the molecule is Cc1cncc(C(=O)NC(C)C(=O)O)c1. The summed E-state index contributed by atoms with van der Waals surface area (Å²) < 4.78 is 0. The van der Waals surface area contributed by atoms with Gasteiger partial charge in [-0.2, -0.15) is 0 Å². The number of aliphatic carboxylic acids is 1. The molecule has 0 saturated heterocycles. The Balaban J connectivity index is 2.73. The van der Waals surface area contributed by atoms with Gasteiger partial charge in [0.15, 0.2) is 0 Å². The van der Waals surface area contributed by atoms with Crippen LogP contribution in [-0.2, 0) is 4.79 Å². The first-order valence-electron chi connectivity index (χ1n) is 4.46. The number of carbonyl (C=O) groups excluding carboxylic acids is 1. The summed E-state index contributed by atoms with van der Waals surface area (Å²) in [4.78, 5) is 25.8. The lowest BCUT2D eigenvalue weighted by molar-refractivity contribution is -0.138. The highest BCUT2D eigenvalue weighted by Gasteiger charge is 2.15. The summed E-state index contributed by atoms with van der Waals surface area (Å²) >= 11 is 0. The first kappa shape index (κ1) is 11.2. The second kappa shape index (κ2) is 4.54. The van der Waals surface area contributed by atoms with Crippen LogP contribution in [0, 0.1) is 6.92 Å². The molecule has 80 valence electrons. The second-order valence-corrected chi connectivity index (χ2v) is 3.28. The van der Waals surface area contributed by atoms with Gasteiger partial charge in [-0.05, 0) is 25.5 Å². The molecule has 0 aromatic carbocycles. The van der Waals surface area contributed by atoms with Crippen molar-refractivity contribution in [3.63, 3.8) is 0 Å². The van der Waals surface area contributed by atoms with Crippen molar-refractivity contribution in [3.05, 3.63) is 29.6 Å². The highest BCUT2D eigenvalue weighted by molar-refractivity contribution is 5.96. The molecular weight excluding hydrogens is 196 g/mol. The van der Waals surface area contributed by atoms with Gasteiger partial charge in [-0.1, -0.05) is 0 Å². The third-order valence-corrected chi connectivity index (χ3v) is 1.86. The minimum Gasteiger partial charge on any atom is -0.480 e. The van der Waals surface area contributed by atoms with E-state index in [1.54, 1.807) is 12.3 Å². The Labute approximate surface area is 87.1 Å². The number of carboxylic acid groups (broad SMARTS) is 1. The smallest absolute Gasteiger partial charge is 0.325 e. The third-order valence-electron chi connectivity index (χ3n) is 1.86. The van der Waals surface area contributed by atoms with Crippen molar-refractivity contribution in [1.82, 2.24) is 10.3 Å². The van der Waals surface area contributed by atoms with Crippen molar-refractivity contribution in [2.75, 3.05) is 0 Å². The molecule has 1 aromatic rings. The minimum atomic E-state index is -1.07. The van der Waals surface area contributed by atoms with Gasteiger partial charge in [-0.25, -0.2) is 0 Å². The van der Waals surface area contributed by atoms with E-state index in [1.165, 1.54) is 13.1 Å². The summed E-state index contributed by atoms with van der Waals surface area (Å²) in [7, 11) is 0. The Bertz CT molecular complexity index is 390. The molecule has 0 fully saturated rings. The van der Waals surface area contributed by atoms with Crippen LogP contribution in [0.3, 0.4) is 0 Å². The van der Waals surface area contributed by atoms with Gasteiger partial charge in [0.25, 0.3) is 5.91 Å². The van der Waals surface area contributed by atoms with Crippen molar-refractivity contribution in [3.8, 4) is 0 Å². The number of amides is 1. The molecule has 1 amide bonds. The quantitative estimate of drug-likeness (QED) is 0.762. The molecule has 0 bridgehead atoms. The van der Waals surface area contributed by atoms with E-state index in [-0.39, 0.29) is 0 Å². The minimum absolute atomic E-state index is 0.364. The van der Waals surface area contributed by atoms with Gasteiger partial charge in [-0.3, -0.25) is 14.6 Å². The van der Waals surface area contributed by atoms with Crippen molar-refractivity contribution in [2.45, 2.75) is 19.9 Å². The molecule has 15 heavy (non-hydrogen) atoms. The number of nitrogens with one attached hydrogen (secondary N) is 1. The molecule has 2 N–H and O–H groups in total. The highest BCUT2D eigenvalue weighted by Crippen LogP contribution is 2.01. The van der Waals surface area contributed by atoms with Gasteiger partial charge in [0.1, 0.15) is 6.04 Å². The van der Waals surface area contributed by atoms with E-state index in [1.807, 2.05) is 6.92 Å². The lowest BCUT2D eigenvalue weighted by atomic mass is 10.2. The van der Waals surface area contributed by atoms with Crippen LogP contribution in [0.1, 0.15) is 22.8 Å². The van der Waals surface area contributed by atoms with E-state index >= 15 is 0 Å². The van der Waals surface area contributed by atoms with Crippen LogP contribution >= 0.6 is 0 Å². The van der Waals surface area contributed by atoms with Crippen LogP contribution in [0.4, 0.5) is 0 Å². The average Bonchev–Trinajstić information content (AvgIpc) is 2.17. The predicted octanol–water partition coefficient (Wildman–Crippen LogP) is 0.593. The van der Waals surface area contributed by atoms with Gasteiger partial charge in [0.05, 0.1) is 5.56 Å². The summed E-state index contributed by atoms with van der Waals surface area (Å²) in [5.74, 6) is -1.50. The summed E-state index contributed by atoms with van der Waals surface area (Å²) in [6.45, 7) is 3.22. The Morgan fingerprint density at radius 2 is 2.13 bits per heavy atom. The van der Waals surface area contributed by atoms with Crippen molar-refractivity contribution >= 4 is 11.9 Å². The molecule has 0 radical (unpaired) electrons. The van der Waals surface area contributed by atoms with E-state index < -0.39 is 17.9 Å². The molecule has 0 spiro atoms. The zero-order valence-electron chi connectivity index (χ0n) is 8.52. The molecule has 0 saturated carbocycles. The Kier molecular flexibility index (Phi) is 3.38. The maximum atomic E-state index is 11.5. The number of carbonyl (C=O) groups is 2. The highest BCUT2D eigenvalue weighted by atomic mass is 16.4. The lowest BCUT2D eigenvalue weighted by Gasteiger charge is -2.08. The monoisotopic (exact) mass is 208 g/mol. The fourth-order valence-corrected chi connectivity index (χ4v) is 1.02. The fourth-order valence-electron chi connectivity index (χ4n) is 1.02. The van der Waals surface area contributed by atoms with Crippen LogP contribution in [0.15, 0.2) is 18.5 Å². The maximum Gasteiger partial charge on any atom is 0.325 e. The number of pyridine rings is 1. The second-order valence-electron chi connectivity index (χ2n) is 3.28. The Morgan fingerprint density at radius 1 is 1.47 bits per heavy atom. The van der Waals surface area contributed by atoms with Gasteiger partial charge >= 0.3 is 5.97 Å². The number of aryl methyl sites for hydroxylation is 1. The van der Waals surface area contributed by atoms with E-state index in [0.717, 1.165) is 5.56 Å². The van der Waals surface area contributed by atoms with Gasteiger partial charge in [-0.15, -0.1) is 0 Å². The first-order chi connectivity index (χ1) is 7.00. The first-order valence-corrected chi connectivity index (χ1v) is 4.46. The third kappa shape index (κ3) is 3.05. The molecule has 0 aliphatic carbocycles. The van der Waals surface area contributed by atoms with Crippen LogP contribution in [0.25, 0.3) is 0 Å². The molecule has 5 nitrogen and oxygen atoms in total. The zero-order valence-corrected chi connectivity index (χ0v) is 8.52. The maximum absolute atomic E-state index is 11.5. The van der Waals surface area contributed by atoms with Crippen molar-refractivity contribution in [1.29, 1.82) is 0 Å². The van der Waals surface area contributed by atoms with Crippen molar-refractivity contribution < 1.29 is 14.7 Å². The average molecular weight is 208 g/mol. The summed E-state index contributed by atoms with van der Waals surface area (Å²) in [5.41, 5.74) is 1.22. The zero-order chi connectivity index (χ0) is 11.4. The van der Waals surface area contributed by atoms with Gasteiger partial charge in [0.2, 0.25) is 0 Å². The molecule has 1 aromatic heterocycles. The van der Waals surface area contributed by atoms with Gasteiger partial charge in [0, 0.05) is 12.4 Å². The summed E-state index contributed by atoms with van der Waals surface area (Å²) in [5, 5.41) is 10.9. The Morgan fingerprint density at radius 3 is 2.67 bits per heavy atom. The predicted molar refractivity (Wildman–Crippen MR) is 53.5 cm³/mol. The number of carboxylic acids is 1. The molecular formula is C10H12N2O3. The van der Waals surface area contributed by atoms with E-state index in [0.29, 0.717) is 5.56 Å². The van der Waals surface area contributed by atoms with Crippen molar-refractivity contribution in [2.24, 2.45) is 0 Å². The standard InChI is InChI=1S/C10H12N2O3/c1-6-3-8(5-11-4-6)9(13)12-7(2)10(14)15/h3-5,7H,1-2H3,(H,12,13)(H,14,15). The summed E-state index contributed by atoms with van der Waals surface area (Å²) in [6.07, 6.45) is 3.02. The summed E-state index contributed by atoms with van der Waals surface area (Å²) in [6, 6.07) is 0.745. The molecule has 1 unspecified atom stereocenters. The molecule has 0 aliphatic rings. The number of aromatic nitrogens is 1. The number of hydrogen-bond acceptors (Lipinski definition) is 3. The van der Waals surface area contributed by atoms with Gasteiger partial charge < -0.3 is 10.4 Å².